The van der Waals surface area contributed by atoms with E-state index in [2.05, 4.69) is 9.84 Å². The highest BCUT2D eigenvalue weighted by Gasteiger charge is 2.25. The molecule has 0 unspecified atom stereocenters. The zero-order valence-electron chi connectivity index (χ0n) is 13.1. The van der Waals surface area contributed by atoms with E-state index in [1.165, 1.54) is 6.42 Å². The number of benzene rings is 1. The summed E-state index contributed by atoms with van der Waals surface area (Å²) < 4.78 is 15.5. The fourth-order valence-electron chi connectivity index (χ4n) is 2.92. The standard InChI is InChI=1S/C16H24NO5P/c18-16(14-9-5-2-6-10-14)17-15(12-22-23(19,20)21)11-13-7-3-1-4-8-13/h1,3-4,7-8,14-15H,2,5-6,9-12H2,(H,17,18)(H2,19,20,21)/t15-/m1/s1. The van der Waals surface area contributed by atoms with Gasteiger partial charge in [-0.25, -0.2) is 4.57 Å². The zero-order valence-corrected chi connectivity index (χ0v) is 14.0. The minimum atomic E-state index is -4.55. The number of rotatable bonds is 7. The van der Waals surface area contributed by atoms with Crippen molar-refractivity contribution in [3.63, 3.8) is 0 Å². The Bertz CT molecular complexity index is 539. The van der Waals surface area contributed by atoms with E-state index in [0.29, 0.717) is 6.42 Å². The maximum absolute atomic E-state index is 12.4. The zero-order chi connectivity index (χ0) is 16.7. The van der Waals surface area contributed by atoms with Crippen LogP contribution in [0.25, 0.3) is 0 Å². The largest absolute Gasteiger partial charge is 0.469 e. The normalized spacial score (nSPS) is 17.7. The van der Waals surface area contributed by atoms with Crippen LogP contribution in [0.3, 0.4) is 0 Å². The predicted octanol–water partition coefficient (Wildman–Crippen LogP) is 2.40. The van der Waals surface area contributed by atoms with E-state index >= 15 is 0 Å². The van der Waals surface area contributed by atoms with E-state index in [9.17, 15) is 9.36 Å². The van der Waals surface area contributed by atoms with Crippen LogP contribution in [0.15, 0.2) is 30.3 Å². The molecular weight excluding hydrogens is 317 g/mol. The summed E-state index contributed by atoms with van der Waals surface area (Å²) in [7, 11) is -4.55. The van der Waals surface area contributed by atoms with Crippen molar-refractivity contribution in [2.24, 2.45) is 5.92 Å². The molecule has 0 radical (unpaired) electrons. The first-order valence-electron chi connectivity index (χ1n) is 7.98. The van der Waals surface area contributed by atoms with Crippen molar-refractivity contribution < 1.29 is 23.7 Å². The second-order valence-corrected chi connectivity index (χ2v) is 7.26. The second kappa shape index (κ2) is 8.60. The molecule has 1 saturated carbocycles. The molecule has 0 aromatic heterocycles. The molecule has 1 atom stereocenters. The van der Waals surface area contributed by atoms with Crippen LogP contribution >= 0.6 is 7.82 Å². The number of hydrogen-bond acceptors (Lipinski definition) is 3. The molecule has 1 amide bonds. The van der Waals surface area contributed by atoms with E-state index in [0.717, 1.165) is 31.2 Å². The highest BCUT2D eigenvalue weighted by molar-refractivity contribution is 7.46. The third kappa shape index (κ3) is 6.83. The van der Waals surface area contributed by atoms with Crippen LogP contribution in [0.4, 0.5) is 0 Å². The molecule has 7 heteroatoms. The Kier molecular flexibility index (Phi) is 6.78. The molecule has 0 bridgehead atoms. The Hall–Kier alpha value is -1.20. The SMILES string of the molecule is O=C(N[C@@H](COP(=O)(O)O)Cc1ccccc1)C1CCCCC1. The number of carbonyl (C=O) groups is 1. The lowest BCUT2D eigenvalue weighted by molar-refractivity contribution is -0.126. The van der Waals surface area contributed by atoms with Gasteiger partial charge in [0.1, 0.15) is 0 Å². The molecule has 0 aliphatic heterocycles. The van der Waals surface area contributed by atoms with E-state index in [4.69, 9.17) is 9.79 Å². The lowest BCUT2D eigenvalue weighted by Crippen LogP contribution is -2.43. The van der Waals surface area contributed by atoms with Gasteiger partial charge in [0.25, 0.3) is 0 Å². The van der Waals surface area contributed by atoms with Crippen LogP contribution in [0.2, 0.25) is 0 Å². The molecule has 6 nitrogen and oxygen atoms in total. The molecular formula is C16H24NO5P. The summed E-state index contributed by atoms with van der Waals surface area (Å²) in [5, 5.41) is 2.90. The fourth-order valence-corrected chi connectivity index (χ4v) is 3.30. The van der Waals surface area contributed by atoms with Crippen LogP contribution in [0.1, 0.15) is 37.7 Å². The number of carbonyl (C=O) groups excluding carboxylic acids is 1. The monoisotopic (exact) mass is 341 g/mol. The van der Waals surface area contributed by atoms with Crippen molar-refractivity contribution in [2.75, 3.05) is 6.61 Å². The van der Waals surface area contributed by atoms with Gasteiger partial charge >= 0.3 is 7.82 Å². The van der Waals surface area contributed by atoms with Crippen LogP contribution in [-0.2, 0) is 20.3 Å². The van der Waals surface area contributed by atoms with Crippen molar-refractivity contribution in [3.8, 4) is 0 Å². The summed E-state index contributed by atoms with van der Waals surface area (Å²) in [6, 6.07) is 9.04. The Morgan fingerprint density at radius 1 is 1.22 bits per heavy atom. The average Bonchev–Trinajstić information content (AvgIpc) is 2.54. The van der Waals surface area contributed by atoms with Gasteiger partial charge in [0.15, 0.2) is 0 Å². The van der Waals surface area contributed by atoms with E-state index in [1.807, 2.05) is 30.3 Å². The van der Waals surface area contributed by atoms with Crippen molar-refractivity contribution in [3.05, 3.63) is 35.9 Å². The quantitative estimate of drug-likeness (QED) is 0.662. The van der Waals surface area contributed by atoms with Crippen molar-refractivity contribution >= 4 is 13.7 Å². The summed E-state index contributed by atoms with van der Waals surface area (Å²) in [4.78, 5) is 30.1. The Balaban J connectivity index is 1.96. The Morgan fingerprint density at radius 3 is 2.48 bits per heavy atom. The van der Waals surface area contributed by atoms with Crippen LogP contribution in [0.5, 0.6) is 0 Å². The first-order valence-corrected chi connectivity index (χ1v) is 9.51. The fraction of sp³-hybridized carbons (Fsp3) is 0.562. The van der Waals surface area contributed by atoms with Gasteiger partial charge in [-0.3, -0.25) is 9.32 Å². The topological polar surface area (TPSA) is 95.9 Å². The first-order chi connectivity index (χ1) is 10.9. The van der Waals surface area contributed by atoms with Gasteiger partial charge in [-0.15, -0.1) is 0 Å². The number of phosphoric acid groups is 1. The maximum atomic E-state index is 12.4. The maximum Gasteiger partial charge on any atom is 0.469 e. The summed E-state index contributed by atoms with van der Waals surface area (Å²) in [5.41, 5.74) is 0.982. The molecule has 0 spiro atoms. The van der Waals surface area contributed by atoms with Gasteiger partial charge in [-0.2, -0.15) is 0 Å². The molecule has 128 valence electrons. The molecule has 1 aliphatic rings. The molecule has 3 N–H and O–H groups in total. The highest BCUT2D eigenvalue weighted by atomic mass is 31.2. The lowest BCUT2D eigenvalue weighted by atomic mass is 9.88. The molecule has 23 heavy (non-hydrogen) atoms. The van der Waals surface area contributed by atoms with E-state index in [-0.39, 0.29) is 18.4 Å². The number of nitrogens with one attached hydrogen (secondary N) is 1. The van der Waals surface area contributed by atoms with Gasteiger partial charge in [-0.1, -0.05) is 49.6 Å². The van der Waals surface area contributed by atoms with Gasteiger partial charge in [-0.05, 0) is 24.8 Å². The van der Waals surface area contributed by atoms with Crippen molar-refractivity contribution in [2.45, 2.75) is 44.6 Å². The van der Waals surface area contributed by atoms with Crippen LogP contribution in [0, 0.1) is 5.92 Å². The predicted molar refractivity (Wildman–Crippen MR) is 86.6 cm³/mol. The number of phosphoric ester groups is 1. The first kappa shape index (κ1) is 18.1. The van der Waals surface area contributed by atoms with Crippen LogP contribution < -0.4 is 5.32 Å². The van der Waals surface area contributed by atoms with Crippen molar-refractivity contribution in [1.29, 1.82) is 0 Å². The smallest absolute Gasteiger partial charge is 0.350 e. The number of hydrogen-bond donors (Lipinski definition) is 3. The van der Waals surface area contributed by atoms with Gasteiger partial charge in [0, 0.05) is 5.92 Å². The third-order valence-electron chi connectivity index (χ3n) is 4.09. The van der Waals surface area contributed by atoms with Gasteiger partial charge in [0.2, 0.25) is 5.91 Å². The average molecular weight is 341 g/mol. The van der Waals surface area contributed by atoms with Gasteiger partial charge in [0.05, 0.1) is 12.6 Å². The van der Waals surface area contributed by atoms with Gasteiger partial charge < -0.3 is 15.1 Å². The van der Waals surface area contributed by atoms with Crippen molar-refractivity contribution in [1.82, 2.24) is 5.32 Å². The highest BCUT2D eigenvalue weighted by Crippen LogP contribution is 2.35. The molecule has 0 saturated heterocycles. The molecule has 0 heterocycles. The molecule has 1 aliphatic carbocycles. The molecule has 2 rings (SSSR count). The summed E-state index contributed by atoms with van der Waals surface area (Å²) in [6.45, 7) is -0.211. The molecule has 1 fully saturated rings. The summed E-state index contributed by atoms with van der Waals surface area (Å²) >= 11 is 0. The molecule has 1 aromatic rings. The third-order valence-corrected chi connectivity index (χ3v) is 4.58. The van der Waals surface area contributed by atoms with E-state index < -0.39 is 13.9 Å². The second-order valence-electron chi connectivity index (χ2n) is 6.02. The van der Waals surface area contributed by atoms with E-state index in [1.54, 1.807) is 0 Å². The number of amides is 1. The Morgan fingerprint density at radius 2 is 1.87 bits per heavy atom. The summed E-state index contributed by atoms with van der Waals surface area (Å²) in [6.07, 6.45) is 5.51. The Labute approximate surface area is 136 Å². The lowest BCUT2D eigenvalue weighted by Gasteiger charge is -2.25. The minimum absolute atomic E-state index is 0.00270. The summed E-state index contributed by atoms with van der Waals surface area (Å²) in [5.74, 6) is -0.0444. The molecule has 1 aromatic carbocycles. The van der Waals surface area contributed by atoms with Crippen LogP contribution in [-0.4, -0.2) is 28.3 Å². The minimum Gasteiger partial charge on any atom is -0.350 e.